The van der Waals surface area contributed by atoms with Crippen molar-refractivity contribution in [3.63, 3.8) is 0 Å². The van der Waals surface area contributed by atoms with Crippen LogP contribution in [0.25, 0.3) is 11.0 Å². The molecule has 0 saturated carbocycles. The second-order valence-electron chi connectivity index (χ2n) is 6.24. The van der Waals surface area contributed by atoms with Crippen LogP contribution in [0.15, 0.2) is 39.1 Å². The highest BCUT2D eigenvalue weighted by atomic mass is 32.2. The molecule has 1 aliphatic rings. The van der Waals surface area contributed by atoms with Gasteiger partial charge >= 0.3 is 0 Å². The average molecular weight is 418 g/mol. The van der Waals surface area contributed by atoms with Crippen LogP contribution in [0, 0.1) is 0 Å². The van der Waals surface area contributed by atoms with Crippen LogP contribution in [0.2, 0.25) is 0 Å². The monoisotopic (exact) mass is 417 g/mol. The largest absolute Gasteiger partial charge is 0.451 e. The summed E-state index contributed by atoms with van der Waals surface area (Å²) in [4.78, 5) is 28.0. The molecule has 1 fully saturated rings. The average Bonchev–Trinajstić information content (AvgIpc) is 3.38. The zero-order chi connectivity index (χ0) is 19.5. The molecule has 0 radical (unpaired) electrons. The number of hydrogen-bond donors (Lipinski definition) is 1. The van der Waals surface area contributed by atoms with E-state index in [0.717, 1.165) is 20.4 Å². The lowest BCUT2D eigenvalue weighted by Gasteiger charge is -2.33. The third kappa shape index (κ3) is 3.97. The van der Waals surface area contributed by atoms with Crippen molar-refractivity contribution in [3.8, 4) is 0 Å². The number of benzene rings is 1. The molecule has 3 aromatic rings. The Labute approximate surface area is 169 Å². The Morgan fingerprint density at radius 2 is 2.00 bits per heavy atom. The number of anilines is 1. The Morgan fingerprint density at radius 1 is 1.21 bits per heavy atom. The second-order valence-corrected chi connectivity index (χ2v) is 8.42. The summed E-state index contributed by atoms with van der Waals surface area (Å²) >= 11 is 2.84. The van der Waals surface area contributed by atoms with Gasteiger partial charge in [-0.3, -0.25) is 9.59 Å². The first-order valence-electron chi connectivity index (χ1n) is 8.84. The molecule has 1 aromatic carbocycles. The van der Waals surface area contributed by atoms with Crippen molar-refractivity contribution >= 4 is 51.0 Å². The zero-order valence-corrected chi connectivity index (χ0v) is 16.9. The molecule has 0 unspecified atom stereocenters. The lowest BCUT2D eigenvalue weighted by Crippen LogP contribution is -2.48. The molecule has 28 heavy (non-hydrogen) atoms. The van der Waals surface area contributed by atoms with E-state index in [4.69, 9.17) is 4.42 Å². The van der Waals surface area contributed by atoms with Gasteiger partial charge < -0.3 is 19.5 Å². The molecular weight excluding hydrogens is 398 g/mol. The van der Waals surface area contributed by atoms with Crippen LogP contribution in [0.4, 0.5) is 5.13 Å². The number of piperazine rings is 1. The number of fused-ring (bicyclic) bond motifs is 1. The number of nitrogens with zero attached hydrogens (tertiary/aromatic N) is 4. The van der Waals surface area contributed by atoms with Gasteiger partial charge in [0, 0.05) is 38.6 Å². The van der Waals surface area contributed by atoms with Crippen molar-refractivity contribution in [3.05, 3.63) is 36.1 Å². The summed E-state index contributed by atoms with van der Waals surface area (Å²) in [6.07, 6.45) is 0. The summed E-state index contributed by atoms with van der Waals surface area (Å²) in [6, 6.07) is 9.41. The van der Waals surface area contributed by atoms with Gasteiger partial charge in [-0.2, -0.15) is 0 Å². The van der Waals surface area contributed by atoms with Gasteiger partial charge in [-0.05, 0) is 12.1 Å². The summed E-state index contributed by atoms with van der Waals surface area (Å²) in [5.74, 6) is 0.568. The maximum absolute atomic E-state index is 12.7. The highest BCUT2D eigenvalue weighted by molar-refractivity contribution is 8.01. The molecule has 146 valence electrons. The van der Waals surface area contributed by atoms with E-state index in [1.54, 1.807) is 18.0 Å². The lowest BCUT2D eigenvalue weighted by atomic mass is 10.2. The molecule has 2 aromatic heterocycles. The van der Waals surface area contributed by atoms with Crippen molar-refractivity contribution in [2.45, 2.75) is 4.34 Å². The normalized spacial score (nSPS) is 14.5. The predicted octanol–water partition coefficient (Wildman–Crippen LogP) is 2.08. The first kappa shape index (κ1) is 18.8. The highest BCUT2D eigenvalue weighted by Gasteiger charge is 2.26. The Kier molecular flexibility index (Phi) is 5.49. The van der Waals surface area contributed by atoms with Crippen molar-refractivity contribution < 1.29 is 14.0 Å². The van der Waals surface area contributed by atoms with E-state index in [-0.39, 0.29) is 11.8 Å². The minimum absolute atomic E-state index is 0.0422. The van der Waals surface area contributed by atoms with Gasteiger partial charge in [-0.1, -0.05) is 41.3 Å². The summed E-state index contributed by atoms with van der Waals surface area (Å²) in [6.45, 7) is 2.55. The standard InChI is InChI=1S/C18H19N5O3S2/c1-19-15(24)11-27-18-21-20-17(28-18)23-8-6-22(7-9-23)16(25)14-10-12-4-2-3-5-13(12)26-14/h2-5,10H,6-9,11H2,1H3,(H,19,24). The van der Waals surface area contributed by atoms with Crippen molar-refractivity contribution in [1.29, 1.82) is 0 Å². The minimum atomic E-state index is -0.0880. The zero-order valence-electron chi connectivity index (χ0n) is 15.3. The van der Waals surface area contributed by atoms with E-state index in [1.807, 2.05) is 24.3 Å². The van der Waals surface area contributed by atoms with Gasteiger partial charge in [0.05, 0.1) is 5.75 Å². The summed E-state index contributed by atoms with van der Waals surface area (Å²) < 4.78 is 6.46. The molecule has 1 aliphatic heterocycles. The van der Waals surface area contributed by atoms with E-state index in [1.165, 1.54) is 23.1 Å². The number of nitrogens with one attached hydrogen (secondary N) is 1. The van der Waals surface area contributed by atoms with Crippen molar-refractivity contribution in [2.24, 2.45) is 0 Å². The summed E-state index contributed by atoms with van der Waals surface area (Å²) in [5, 5.41) is 12.7. The molecule has 1 N–H and O–H groups in total. The first-order chi connectivity index (χ1) is 13.6. The number of aromatic nitrogens is 2. The Balaban J connectivity index is 1.34. The van der Waals surface area contributed by atoms with Gasteiger partial charge in [-0.25, -0.2) is 0 Å². The number of carbonyl (C=O) groups is 2. The molecule has 0 bridgehead atoms. The van der Waals surface area contributed by atoms with Crippen LogP contribution in [-0.4, -0.2) is 65.9 Å². The molecule has 0 atom stereocenters. The van der Waals surface area contributed by atoms with E-state index in [0.29, 0.717) is 37.7 Å². The van der Waals surface area contributed by atoms with Gasteiger partial charge in [0.2, 0.25) is 11.0 Å². The van der Waals surface area contributed by atoms with Gasteiger partial charge in [-0.15, -0.1) is 10.2 Å². The summed E-state index contributed by atoms with van der Waals surface area (Å²) in [7, 11) is 1.61. The van der Waals surface area contributed by atoms with Gasteiger partial charge in [0.1, 0.15) is 5.58 Å². The third-order valence-corrected chi connectivity index (χ3v) is 6.59. The Bertz CT molecular complexity index is 961. The van der Waals surface area contributed by atoms with Crippen molar-refractivity contribution in [2.75, 3.05) is 43.9 Å². The predicted molar refractivity (Wildman–Crippen MR) is 109 cm³/mol. The van der Waals surface area contributed by atoms with Crippen LogP contribution >= 0.6 is 23.1 Å². The fourth-order valence-electron chi connectivity index (χ4n) is 2.93. The molecule has 0 aliphatic carbocycles. The number of rotatable bonds is 5. The fraction of sp³-hybridized carbons (Fsp3) is 0.333. The van der Waals surface area contributed by atoms with E-state index in [9.17, 15) is 9.59 Å². The number of furan rings is 1. The molecule has 2 amide bonds. The number of amides is 2. The minimum Gasteiger partial charge on any atom is -0.451 e. The fourth-order valence-corrected chi connectivity index (χ4v) is 4.70. The van der Waals surface area contributed by atoms with Crippen LogP contribution in [0.3, 0.4) is 0 Å². The highest BCUT2D eigenvalue weighted by Crippen LogP contribution is 2.29. The molecule has 4 rings (SSSR count). The van der Waals surface area contributed by atoms with Crippen LogP contribution in [0.1, 0.15) is 10.6 Å². The molecule has 8 nitrogen and oxygen atoms in total. The quantitative estimate of drug-likeness (QED) is 0.636. The Morgan fingerprint density at radius 3 is 2.75 bits per heavy atom. The van der Waals surface area contributed by atoms with E-state index < -0.39 is 0 Å². The topological polar surface area (TPSA) is 91.6 Å². The molecule has 1 saturated heterocycles. The summed E-state index contributed by atoms with van der Waals surface area (Å²) in [5.41, 5.74) is 0.722. The third-order valence-electron chi connectivity index (χ3n) is 4.48. The maximum Gasteiger partial charge on any atom is 0.289 e. The smallest absolute Gasteiger partial charge is 0.289 e. The molecular formula is C18H19N5O3S2. The van der Waals surface area contributed by atoms with Crippen LogP contribution < -0.4 is 10.2 Å². The van der Waals surface area contributed by atoms with Crippen LogP contribution in [-0.2, 0) is 4.79 Å². The molecule has 0 spiro atoms. The number of hydrogen-bond acceptors (Lipinski definition) is 8. The van der Waals surface area contributed by atoms with Crippen molar-refractivity contribution in [1.82, 2.24) is 20.4 Å². The second kappa shape index (κ2) is 8.19. The first-order valence-corrected chi connectivity index (χ1v) is 10.6. The van der Waals surface area contributed by atoms with Gasteiger partial charge in [0.15, 0.2) is 10.1 Å². The molecule has 10 heteroatoms. The van der Waals surface area contributed by atoms with E-state index in [2.05, 4.69) is 20.4 Å². The maximum atomic E-state index is 12.7. The molecule has 3 heterocycles. The van der Waals surface area contributed by atoms with Gasteiger partial charge in [0.25, 0.3) is 5.91 Å². The SMILES string of the molecule is CNC(=O)CSc1nnc(N2CCN(C(=O)c3cc4ccccc4o3)CC2)s1. The van der Waals surface area contributed by atoms with E-state index >= 15 is 0 Å². The van der Waals surface area contributed by atoms with Crippen LogP contribution in [0.5, 0.6) is 0 Å². The Hall–Kier alpha value is -2.59. The number of carbonyl (C=O) groups excluding carboxylic acids is 2. The number of thioether (sulfide) groups is 1. The lowest BCUT2D eigenvalue weighted by molar-refractivity contribution is -0.118. The number of para-hydroxylation sites is 1.